The summed E-state index contributed by atoms with van der Waals surface area (Å²) in [4.78, 5) is 36.8. The van der Waals surface area contributed by atoms with Crippen LogP contribution in [0, 0.1) is 0 Å². The van der Waals surface area contributed by atoms with Crippen molar-refractivity contribution in [2.24, 2.45) is 0 Å². The SMILES string of the molecule is O=C1CCN(C(=O)CCCn2c(=O)oc3ccccc32)CC1. The third kappa shape index (κ3) is 2.95. The number of rotatable bonds is 4. The Morgan fingerprint density at radius 1 is 1.14 bits per heavy atom. The van der Waals surface area contributed by atoms with Crippen molar-refractivity contribution >= 4 is 22.8 Å². The highest BCUT2D eigenvalue weighted by Crippen LogP contribution is 2.13. The first-order valence-corrected chi connectivity index (χ1v) is 7.53. The predicted molar refractivity (Wildman–Crippen MR) is 80.5 cm³/mol. The molecule has 2 aromatic rings. The quantitative estimate of drug-likeness (QED) is 0.859. The van der Waals surface area contributed by atoms with Crippen molar-refractivity contribution in [1.82, 2.24) is 9.47 Å². The van der Waals surface area contributed by atoms with E-state index in [4.69, 9.17) is 4.42 Å². The average Bonchev–Trinajstić information content (AvgIpc) is 2.84. The summed E-state index contributed by atoms with van der Waals surface area (Å²) < 4.78 is 6.72. The number of benzene rings is 1. The van der Waals surface area contributed by atoms with E-state index in [0.29, 0.717) is 50.9 Å². The van der Waals surface area contributed by atoms with Crippen LogP contribution >= 0.6 is 0 Å². The van der Waals surface area contributed by atoms with Gasteiger partial charge in [-0.05, 0) is 18.6 Å². The van der Waals surface area contributed by atoms with Gasteiger partial charge in [0.1, 0.15) is 5.78 Å². The average molecular weight is 302 g/mol. The number of nitrogens with zero attached hydrogens (tertiary/aromatic N) is 2. The molecule has 1 amide bonds. The molecule has 0 unspecified atom stereocenters. The second kappa shape index (κ2) is 6.17. The molecule has 6 nitrogen and oxygen atoms in total. The third-order valence-corrected chi connectivity index (χ3v) is 4.02. The summed E-state index contributed by atoms with van der Waals surface area (Å²) in [5.74, 6) is -0.119. The lowest BCUT2D eigenvalue weighted by Gasteiger charge is -2.26. The van der Waals surface area contributed by atoms with Gasteiger partial charge in [0.2, 0.25) is 5.91 Å². The van der Waals surface area contributed by atoms with E-state index in [0.717, 1.165) is 5.52 Å². The lowest BCUT2D eigenvalue weighted by atomic mass is 10.1. The standard InChI is InChI=1S/C16H18N2O4/c19-12-7-10-17(11-8-12)15(20)6-3-9-18-13-4-1-2-5-14(13)22-16(18)21/h1-2,4-5H,3,6-11H2. The number of hydrogen-bond donors (Lipinski definition) is 0. The molecule has 1 fully saturated rings. The highest BCUT2D eigenvalue weighted by molar-refractivity contribution is 5.83. The fraction of sp³-hybridized carbons (Fsp3) is 0.438. The van der Waals surface area contributed by atoms with Crippen LogP contribution in [0.4, 0.5) is 0 Å². The Kier molecular flexibility index (Phi) is 4.09. The van der Waals surface area contributed by atoms with Crippen LogP contribution in [0.5, 0.6) is 0 Å². The lowest BCUT2D eigenvalue weighted by molar-refractivity contribution is -0.134. The zero-order chi connectivity index (χ0) is 15.5. The van der Waals surface area contributed by atoms with Gasteiger partial charge in [0, 0.05) is 38.9 Å². The molecule has 1 aromatic heterocycles. The van der Waals surface area contributed by atoms with E-state index in [-0.39, 0.29) is 11.7 Å². The minimum atomic E-state index is -0.391. The van der Waals surface area contributed by atoms with Crippen molar-refractivity contribution in [3.05, 3.63) is 34.8 Å². The second-order valence-corrected chi connectivity index (χ2v) is 5.51. The molecule has 1 aliphatic rings. The largest absolute Gasteiger partial charge is 0.419 e. The van der Waals surface area contributed by atoms with Crippen molar-refractivity contribution in [3.8, 4) is 0 Å². The molecular weight excluding hydrogens is 284 g/mol. The predicted octanol–water partition coefficient (Wildman–Crippen LogP) is 1.57. The molecule has 6 heteroatoms. The van der Waals surface area contributed by atoms with Crippen LogP contribution in [0.2, 0.25) is 0 Å². The number of ketones is 1. The van der Waals surface area contributed by atoms with E-state index in [1.54, 1.807) is 15.5 Å². The van der Waals surface area contributed by atoms with Gasteiger partial charge in [-0.1, -0.05) is 12.1 Å². The molecule has 0 bridgehead atoms. The van der Waals surface area contributed by atoms with E-state index in [1.807, 2.05) is 18.2 Å². The number of piperidine rings is 1. The first kappa shape index (κ1) is 14.6. The summed E-state index contributed by atoms with van der Waals surface area (Å²) in [5, 5.41) is 0. The topological polar surface area (TPSA) is 72.5 Å². The number of hydrogen-bond acceptors (Lipinski definition) is 4. The summed E-state index contributed by atoms with van der Waals surface area (Å²) in [5.41, 5.74) is 1.32. The summed E-state index contributed by atoms with van der Waals surface area (Å²) in [7, 11) is 0. The summed E-state index contributed by atoms with van der Waals surface area (Å²) in [6.45, 7) is 1.49. The molecule has 0 saturated carbocycles. The molecule has 2 heterocycles. The summed E-state index contributed by atoms with van der Waals surface area (Å²) >= 11 is 0. The van der Waals surface area contributed by atoms with Gasteiger partial charge in [-0.15, -0.1) is 0 Å². The van der Waals surface area contributed by atoms with Crippen LogP contribution in [-0.4, -0.2) is 34.2 Å². The van der Waals surface area contributed by atoms with Gasteiger partial charge in [-0.3, -0.25) is 14.2 Å². The molecule has 1 saturated heterocycles. The maximum Gasteiger partial charge on any atom is 0.419 e. The zero-order valence-electron chi connectivity index (χ0n) is 12.3. The third-order valence-electron chi connectivity index (χ3n) is 4.02. The number of aromatic nitrogens is 1. The van der Waals surface area contributed by atoms with Crippen molar-refractivity contribution in [2.75, 3.05) is 13.1 Å². The van der Waals surface area contributed by atoms with Gasteiger partial charge in [-0.25, -0.2) is 4.79 Å². The van der Waals surface area contributed by atoms with Crippen LogP contribution in [-0.2, 0) is 16.1 Å². The van der Waals surface area contributed by atoms with Gasteiger partial charge >= 0.3 is 5.76 Å². The molecule has 116 valence electrons. The molecule has 0 N–H and O–H groups in total. The summed E-state index contributed by atoms with van der Waals surface area (Å²) in [6, 6.07) is 7.25. The highest BCUT2D eigenvalue weighted by Gasteiger charge is 2.20. The van der Waals surface area contributed by atoms with E-state index in [2.05, 4.69) is 0 Å². The highest BCUT2D eigenvalue weighted by atomic mass is 16.4. The number of carbonyl (C=O) groups excluding carboxylic acids is 2. The Morgan fingerprint density at radius 2 is 1.86 bits per heavy atom. The lowest BCUT2D eigenvalue weighted by Crippen LogP contribution is -2.38. The molecule has 1 aromatic carbocycles. The molecule has 0 spiro atoms. The number of amides is 1. The second-order valence-electron chi connectivity index (χ2n) is 5.51. The monoisotopic (exact) mass is 302 g/mol. The van der Waals surface area contributed by atoms with E-state index < -0.39 is 5.76 Å². The number of oxazole rings is 1. The van der Waals surface area contributed by atoms with Crippen LogP contribution in [0.3, 0.4) is 0 Å². The van der Waals surface area contributed by atoms with Crippen molar-refractivity contribution in [2.45, 2.75) is 32.2 Å². The van der Waals surface area contributed by atoms with Crippen LogP contribution in [0.15, 0.2) is 33.5 Å². The zero-order valence-corrected chi connectivity index (χ0v) is 12.3. The van der Waals surface area contributed by atoms with Crippen LogP contribution in [0.25, 0.3) is 11.1 Å². The maximum atomic E-state index is 12.1. The summed E-state index contributed by atoms with van der Waals surface area (Å²) in [6.07, 6.45) is 1.86. The van der Waals surface area contributed by atoms with Gasteiger partial charge in [0.25, 0.3) is 0 Å². The molecule has 0 radical (unpaired) electrons. The van der Waals surface area contributed by atoms with E-state index >= 15 is 0 Å². The molecule has 1 aliphatic heterocycles. The molecule has 0 atom stereocenters. The van der Waals surface area contributed by atoms with Gasteiger partial charge in [-0.2, -0.15) is 0 Å². The van der Waals surface area contributed by atoms with Crippen molar-refractivity contribution in [3.63, 3.8) is 0 Å². The van der Waals surface area contributed by atoms with Crippen LogP contribution < -0.4 is 5.76 Å². The van der Waals surface area contributed by atoms with Crippen molar-refractivity contribution in [1.29, 1.82) is 0 Å². The minimum Gasteiger partial charge on any atom is -0.408 e. The smallest absolute Gasteiger partial charge is 0.408 e. The van der Waals surface area contributed by atoms with Crippen LogP contribution in [0.1, 0.15) is 25.7 Å². The van der Waals surface area contributed by atoms with E-state index in [9.17, 15) is 14.4 Å². The number of fused-ring (bicyclic) bond motifs is 1. The Hall–Kier alpha value is -2.37. The van der Waals surface area contributed by atoms with Gasteiger partial charge < -0.3 is 9.32 Å². The van der Waals surface area contributed by atoms with Gasteiger partial charge in [0.05, 0.1) is 5.52 Å². The molecule has 22 heavy (non-hydrogen) atoms. The minimum absolute atomic E-state index is 0.0494. The maximum absolute atomic E-state index is 12.1. The fourth-order valence-corrected chi connectivity index (χ4v) is 2.78. The first-order valence-electron chi connectivity index (χ1n) is 7.53. The Morgan fingerprint density at radius 3 is 2.64 bits per heavy atom. The van der Waals surface area contributed by atoms with Gasteiger partial charge in [0.15, 0.2) is 5.58 Å². The number of likely N-dealkylation sites (tertiary alicyclic amines) is 1. The molecule has 3 rings (SSSR count). The number of aryl methyl sites for hydroxylation is 1. The Balaban J connectivity index is 1.58. The van der Waals surface area contributed by atoms with Crippen molar-refractivity contribution < 1.29 is 14.0 Å². The Labute approximate surface area is 127 Å². The normalized spacial score (nSPS) is 15.5. The first-order chi connectivity index (χ1) is 10.6. The number of para-hydroxylation sites is 2. The molecular formula is C16H18N2O4. The van der Waals surface area contributed by atoms with E-state index in [1.165, 1.54) is 0 Å². The fourth-order valence-electron chi connectivity index (χ4n) is 2.78. The Bertz CT molecular complexity index is 749. The molecule has 0 aliphatic carbocycles. The number of Topliss-reactive ketones (excluding diaryl/α,β-unsaturated/α-hetero) is 1. The number of carbonyl (C=O) groups is 2.